The zero-order valence-electron chi connectivity index (χ0n) is 33.3. The Kier molecular flexibility index (Phi) is 11.5. The van der Waals surface area contributed by atoms with Crippen molar-refractivity contribution in [3.8, 4) is 22.4 Å². The number of carbonyl (C=O) groups is 4. The van der Waals surface area contributed by atoms with Crippen LogP contribution >= 0.6 is 0 Å². The van der Waals surface area contributed by atoms with Gasteiger partial charge in [-0.2, -0.15) is 0 Å². The molecule has 2 N–H and O–H groups in total. The third kappa shape index (κ3) is 7.75. The Hall–Kier alpha value is -5.26. The van der Waals surface area contributed by atoms with E-state index in [4.69, 9.17) is 14.5 Å². The standard InChI is InChI=1S/C44H54N6O6/c1-25(2)34(22-38(51)55-5)42(52)50-33-18-17-31(20-33)40(50)35-21-32(23-45-35)29-11-9-27(10-12-29)28-13-15-30(16-14-28)36-24-46-41(47-36)37-8-7-19-49(37)43(53)39(26(3)4)48-44(54)56-6/h9-16,23-26,31,33-34,37,39-40H,7-8,17-22H2,1-6H3,(H,46,47)(H,48,54)/t31-,33+,34+,37+,39+,40+/m1/s1. The van der Waals surface area contributed by atoms with Crippen LogP contribution in [0.3, 0.4) is 0 Å². The number of hydrogen-bond acceptors (Lipinski definition) is 8. The van der Waals surface area contributed by atoms with Gasteiger partial charge in [0.05, 0.1) is 50.5 Å². The topological polar surface area (TPSA) is 146 Å². The number of nitrogens with one attached hydrogen (secondary N) is 2. The second kappa shape index (κ2) is 16.5. The number of likely N-dealkylation sites (tertiary alicyclic amines) is 2. The first-order chi connectivity index (χ1) is 27.0. The van der Waals surface area contributed by atoms with Gasteiger partial charge in [-0.15, -0.1) is 0 Å². The highest BCUT2D eigenvalue weighted by Crippen LogP contribution is 2.46. The monoisotopic (exact) mass is 762 g/mol. The van der Waals surface area contributed by atoms with E-state index in [2.05, 4.69) is 68.7 Å². The Morgan fingerprint density at radius 2 is 1.54 bits per heavy atom. The molecule has 0 spiro atoms. The molecule has 2 bridgehead atoms. The molecule has 7 rings (SSSR count). The van der Waals surface area contributed by atoms with Gasteiger partial charge >= 0.3 is 12.1 Å². The van der Waals surface area contributed by atoms with E-state index in [0.29, 0.717) is 18.9 Å². The van der Waals surface area contributed by atoms with Crippen LogP contribution in [0.15, 0.2) is 65.9 Å². The van der Waals surface area contributed by atoms with E-state index in [9.17, 15) is 19.2 Å². The summed E-state index contributed by atoms with van der Waals surface area (Å²) in [6.45, 7) is 8.42. The third-order valence-electron chi connectivity index (χ3n) is 12.3. The Morgan fingerprint density at radius 1 is 0.857 bits per heavy atom. The number of aromatic nitrogens is 2. The molecule has 3 aliphatic heterocycles. The van der Waals surface area contributed by atoms with Gasteiger partial charge in [0, 0.05) is 30.9 Å². The summed E-state index contributed by atoms with van der Waals surface area (Å²) < 4.78 is 9.70. The Balaban J connectivity index is 0.987. The van der Waals surface area contributed by atoms with Gasteiger partial charge in [0.2, 0.25) is 11.8 Å². The molecule has 56 heavy (non-hydrogen) atoms. The molecule has 12 nitrogen and oxygen atoms in total. The van der Waals surface area contributed by atoms with E-state index >= 15 is 0 Å². The number of nitrogens with zero attached hydrogens (tertiary/aromatic N) is 4. The number of aromatic amines is 1. The molecule has 2 aromatic carbocycles. The van der Waals surface area contributed by atoms with Crippen LogP contribution in [0.5, 0.6) is 0 Å². The first-order valence-corrected chi connectivity index (χ1v) is 20.0. The largest absolute Gasteiger partial charge is 0.469 e. The molecule has 1 saturated carbocycles. The molecule has 1 aliphatic carbocycles. The average Bonchev–Trinajstić information content (AvgIpc) is 4.06. The van der Waals surface area contributed by atoms with Crippen molar-refractivity contribution < 1.29 is 28.7 Å². The molecule has 0 radical (unpaired) electrons. The number of benzene rings is 2. The van der Waals surface area contributed by atoms with E-state index in [0.717, 1.165) is 77.2 Å². The molecular weight excluding hydrogens is 709 g/mol. The minimum Gasteiger partial charge on any atom is -0.469 e. The van der Waals surface area contributed by atoms with Crippen molar-refractivity contribution in [2.45, 2.75) is 96.8 Å². The highest BCUT2D eigenvalue weighted by Gasteiger charge is 2.52. The SMILES string of the molecule is COC(=O)C[C@H](C(=O)N1[C@H]2CC[C@H](C2)[C@H]1C1=NC=C(c2ccc(-c3ccc(-c4cnc([C@@H]5CCCN5C(=O)[C@@H](NC(=O)OC)C(C)C)[nH]4)cc3)cc2)C1)C(C)C. The molecule has 6 atom stereocenters. The first kappa shape index (κ1) is 39.0. The highest BCUT2D eigenvalue weighted by molar-refractivity contribution is 6.04. The van der Waals surface area contributed by atoms with Crippen LogP contribution < -0.4 is 5.32 Å². The lowest BCUT2D eigenvalue weighted by Gasteiger charge is -2.38. The number of fused-ring (bicyclic) bond motifs is 2. The van der Waals surface area contributed by atoms with Crippen LogP contribution in [-0.2, 0) is 23.9 Å². The second-order valence-electron chi connectivity index (χ2n) is 16.4. The van der Waals surface area contributed by atoms with Gasteiger partial charge in [0.25, 0.3) is 0 Å². The van der Waals surface area contributed by atoms with Gasteiger partial charge in [0.15, 0.2) is 0 Å². The summed E-state index contributed by atoms with van der Waals surface area (Å²) in [5.74, 6) is 0.243. The van der Waals surface area contributed by atoms with Crippen molar-refractivity contribution in [2.75, 3.05) is 20.8 Å². The van der Waals surface area contributed by atoms with E-state index in [1.807, 2.05) is 45.0 Å². The van der Waals surface area contributed by atoms with Crippen LogP contribution in [0.4, 0.5) is 4.79 Å². The predicted molar refractivity (Wildman–Crippen MR) is 214 cm³/mol. The summed E-state index contributed by atoms with van der Waals surface area (Å²) in [7, 11) is 2.67. The number of esters is 1. The number of ether oxygens (including phenoxy) is 2. The van der Waals surface area contributed by atoms with Gasteiger partial charge in [-0.05, 0) is 77.7 Å². The number of alkyl carbamates (subject to hydrolysis) is 1. The molecule has 3 aromatic rings. The number of hydrogen-bond donors (Lipinski definition) is 2. The third-order valence-corrected chi connectivity index (χ3v) is 12.3. The van der Waals surface area contributed by atoms with Gasteiger partial charge in [-0.25, -0.2) is 9.78 Å². The molecule has 2 saturated heterocycles. The van der Waals surface area contributed by atoms with Gasteiger partial charge in [0.1, 0.15) is 11.9 Å². The Bertz CT molecular complexity index is 2000. The number of aliphatic imine (C=N–C) groups is 1. The van der Waals surface area contributed by atoms with Gasteiger partial charge in [-0.1, -0.05) is 76.2 Å². The summed E-state index contributed by atoms with van der Waals surface area (Å²) in [5.41, 5.74) is 7.35. The van der Waals surface area contributed by atoms with Crippen LogP contribution in [0.2, 0.25) is 0 Å². The maximum absolute atomic E-state index is 14.0. The minimum absolute atomic E-state index is 0.0233. The summed E-state index contributed by atoms with van der Waals surface area (Å²) >= 11 is 0. The average molecular weight is 763 g/mol. The second-order valence-corrected chi connectivity index (χ2v) is 16.4. The van der Waals surface area contributed by atoms with Crippen molar-refractivity contribution in [1.29, 1.82) is 0 Å². The zero-order chi connectivity index (χ0) is 39.7. The number of imidazole rings is 1. The van der Waals surface area contributed by atoms with Crippen molar-refractivity contribution in [3.05, 3.63) is 72.3 Å². The van der Waals surface area contributed by atoms with Gasteiger partial charge in [-0.3, -0.25) is 19.4 Å². The molecule has 3 amide bonds. The van der Waals surface area contributed by atoms with Gasteiger partial charge < -0.3 is 29.6 Å². The van der Waals surface area contributed by atoms with Crippen LogP contribution in [0, 0.1) is 23.7 Å². The summed E-state index contributed by atoms with van der Waals surface area (Å²) in [6, 6.07) is 16.2. The minimum atomic E-state index is -0.682. The van der Waals surface area contributed by atoms with E-state index in [1.54, 1.807) is 0 Å². The van der Waals surface area contributed by atoms with E-state index < -0.39 is 18.1 Å². The number of rotatable bonds is 12. The Morgan fingerprint density at radius 3 is 2.18 bits per heavy atom. The van der Waals surface area contributed by atoms with E-state index in [-0.39, 0.29) is 54.2 Å². The quantitative estimate of drug-likeness (QED) is 0.186. The van der Waals surface area contributed by atoms with Crippen LogP contribution in [-0.4, -0.2) is 88.2 Å². The molecular formula is C44H54N6O6. The van der Waals surface area contributed by atoms with Crippen LogP contribution in [0.25, 0.3) is 28.0 Å². The normalized spacial score (nSPS) is 22.6. The molecule has 1 aromatic heterocycles. The van der Waals surface area contributed by atoms with Crippen molar-refractivity contribution >= 4 is 35.2 Å². The van der Waals surface area contributed by atoms with E-state index in [1.165, 1.54) is 14.2 Å². The lowest BCUT2D eigenvalue weighted by Crippen LogP contribution is -2.52. The predicted octanol–water partition coefficient (Wildman–Crippen LogP) is 7.19. The smallest absolute Gasteiger partial charge is 0.407 e. The lowest BCUT2D eigenvalue weighted by molar-refractivity contribution is -0.149. The highest BCUT2D eigenvalue weighted by atomic mass is 16.5. The number of H-pyrrole nitrogens is 1. The molecule has 4 heterocycles. The fourth-order valence-electron chi connectivity index (χ4n) is 9.17. The fraction of sp³-hybridized carbons (Fsp3) is 0.500. The first-order valence-electron chi connectivity index (χ1n) is 20.0. The number of methoxy groups -OCH3 is 2. The lowest BCUT2D eigenvalue weighted by atomic mass is 9.87. The zero-order valence-corrected chi connectivity index (χ0v) is 33.3. The van der Waals surface area contributed by atoms with Crippen molar-refractivity contribution in [1.82, 2.24) is 25.1 Å². The number of piperidine rings is 1. The molecule has 4 aliphatic rings. The number of amides is 3. The number of allylic oxidation sites excluding steroid dienone is 1. The van der Waals surface area contributed by atoms with Crippen LogP contribution in [0.1, 0.15) is 90.1 Å². The van der Waals surface area contributed by atoms with Crippen molar-refractivity contribution in [2.24, 2.45) is 28.7 Å². The maximum atomic E-state index is 14.0. The molecule has 3 fully saturated rings. The number of carbonyl (C=O) groups excluding carboxylic acids is 4. The maximum Gasteiger partial charge on any atom is 0.407 e. The summed E-state index contributed by atoms with van der Waals surface area (Å²) in [4.78, 5) is 68.7. The molecule has 296 valence electrons. The van der Waals surface area contributed by atoms with Crippen molar-refractivity contribution in [3.63, 3.8) is 0 Å². The summed E-state index contributed by atoms with van der Waals surface area (Å²) in [5, 5.41) is 2.70. The summed E-state index contributed by atoms with van der Waals surface area (Å²) in [6.07, 6.45) is 8.72. The molecule has 12 heteroatoms. The molecule has 0 unspecified atom stereocenters. The fourth-order valence-corrected chi connectivity index (χ4v) is 9.17. The Labute approximate surface area is 329 Å².